The van der Waals surface area contributed by atoms with Gasteiger partial charge in [-0.2, -0.15) is 0 Å². The molecule has 0 amide bonds. The van der Waals surface area contributed by atoms with Crippen LogP contribution in [0.2, 0.25) is 0 Å². The largest absolute Gasteiger partial charge is 0.481 e. The summed E-state index contributed by atoms with van der Waals surface area (Å²) in [6.45, 7) is 2.28. The van der Waals surface area contributed by atoms with Gasteiger partial charge in [0.1, 0.15) is 6.04 Å². The standard InChI is InChI=1S/C16H31O.C5H9NO4.Na/c1-2-3-4-5-6-7-8-9-10-11-12-13-14-15-16-17;6-3(5(9)10)1-2-4(7)8;/h2-15H2,1H3;3H,1-2,6H2,(H,7,8)(H,9,10);. The molecular formula is C21H40NNaO5. The molecule has 1 unspecified atom stereocenters. The van der Waals surface area contributed by atoms with Gasteiger partial charge in [-0.25, -0.2) is 0 Å². The fraction of sp³-hybridized carbons (Fsp3) is 0.857. The fourth-order valence-electron chi connectivity index (χ4n) is 2.79. The van der Waals surface area contributed by atoms with Crippen LogP contribution in [0.25, 0.3) is 0 Å². The minimum Gasteiger partial charge on any atom is -0.481 e. The van der Waals surface area contributed by atoms with Crippen LogP contribution in [-0.2, 0) is 14.4 Å². The molecule has 0 spiro atoms. The van der Waals surface area contributed by atoms with Crippen molar-refractivity contribution in [3.8, 4) is 0 Å². The first kappa shape index (κ1) is 29.8. The molecule has 0 aromatic carbocycles. The topological polar surface area (TPSA) is 118 Å². The molecule has 0 saturated heterocycles. The van der Waals surface area contributed by atoms with Crippen LogP contribution in [-0.4, -0.2) is 59.2 Å². The number of rotatable bonds is 18. The summed E-state index contributed by atoms with van der Waals surface area (Å²) in [4.78, 5) is 30.7. The van der Waals surface area contributed by atoms with Gasteiger partial charge in [-0.15, -0.1) is 0 Å². The summed E-state index contributed by atoms with van der Waals surface area (Å²) in [5.41, 5.74) is 5.00. The quantitative estimate of drug-likeness (QED) is 0.228. The van der Waals surface area contributed by atoms with Gasteiger partial charge in [0, 0.05) is 6.42 Å². The maximum absolute atomic E-state index is 10.8. The molecule has 0 aliphatic heterocycles. The molecule has 0 radical (unpaired) electrons. The van der Waals surface area contributed by atoms with E-state index in [1.807, 2.05) is 0 Å². The third-order valence-corrected chi connectivity index (χ3v) is 5.12. The first-order valence-electron chi connectivity index (χ1n) is 11.0. The summed E-state index contributed by atoms with van der Waals surface area (Å²) in [5, 5.41) is 16.3. The molecule has 0 aromatic heterocycles. The SMILES string of the molecule is CCCCCCCCCCCCCCC[C](=O)[Na].NC(CCC(=O)O)C(=O)O. The molecule has 6 nitrogen and oxygen atoms in total. The zero-order valence-corrected chi connectivity index (χ0v) is 20.1. The summed E-state index contributed by atoms with van der Waals surface area (Å²) in [5.74, 6) is -2.20. The second-order valence-electron chi connectivity index (χ2n) is 7.57. The first-order chi connectivity index (χ1) is 13.3. The van der Waals surface area contributed by atoms with Crippen molar-refractivity contribution in [1.82, 2.24) is 0 Å². The van der Waals surface area contributed by atoms with E-state index < -0.39 is 18.0 Å². The van der Waals surface area contributed by atoms with E-state index in [9.17, 15) is 14.4 Å². The number of hydrogen-bond acceptors (Lipinski definition) is 4. The Morgan fingerprint density at radius 3 is 1.46 bits per heavy atom. The first-order valence-corrected chi connectivity index (χ1v) is 12.0. The molecule has 0 bridgehead atoms. The van der Waals surface area contributed by atoms with Crippen molar-refractivity contribution in [3.05, 3.63) is 0 Å². The summed E-state index contributed by atoms with van der Waals surface area (Å²) < 4.78 is 0.484. The van der Waals surface area contributed by atoms with Crippen LogP contribution in [0.15, 0.2) is 0 Å². The van der Waals surface area contributed by atoms with Gasteiger partial charge < -0.3 is 15.9 Å². The van der Waals surface area contributed by atoms with E-state index in [1.165, 1.54) is 77.0 Å². The van der Waals surface area contributed by atoms with Gasteiger partial charge in [0.05, 0.1) is 0 Å². The van der Waals surface area contributed by atoms with Crippen LogP contribution in [0.5, 0.6) is 0 Å². The Morgan fingerprint density at radius 1 is 0.750 bits per heavy atom. The van der Waals surface area contributed by atoms with E-state index in [2.05, 4.69) is 6.92 Å². The molecule has 1 atom stereocenters. The Bertz CT molecular complexity index is 404. The Morgan fingerprint density at radius 2 is 1.14 bits per heavy atom. The van der Waals surface area contributed by atoms with Crippen molar-refractivity contribution < 1.29 is 24.6 Å². The number of carboxylic acid groups (broad SMARTS) is 2. The van der Waals surface area contributed by atoms with E-state index >= 15 is 0 Å². The van der Waals surface area contributed by atoms with Crippen LogP contribution in [0.4, 0.5) is 0 Å². The molecule has 0 fully saturated rings. The van der Waals surface area contributed by atoms with E-state index in [0.717, 1.165) is 40.8 Å². The van der Waals surface area contributed by atoms with Crippen molar-refractivity contribution >= 4 is 42.9 Å². The van der Waals surface area contributed by atoms with Crippen molar-refractivity contribution in [3.63, 3.8) is 0 Å². The Balaban J connectivity index is 0. The number of carbonyl (C=O) groups is 3. The molecule has 0 aliphatic carbocycles. The molecule has 7 heteroatoms. The maximum Gasteiger partial charge on any atom is 0.320 e. The predicted molar refractivity (Wildman–Crippen MR) is 114 cm³/mol. The molecule has 4 N–H and O–H groups in total. The predicted octanol–water partition coefficient (Wildman–Crippen LogP) is 4.43. The Kier molecular flexibility index (Phi) is 24.3. The molecular weight excluding hydrogens is 369 g/mol. The molecule has 0 rings (SSSR count). The van der Waals surface area contributed by atoms with Gasteiger partial charge in [-0.1, -0.05) is 26.2 Å². The molecule has 28 heavy (non-hydrogen) atoms. The second kappa shape index (κ2) is 22.9. The van der Waals surface area contributed by atoms with E-state index in [4.69, 9.17) is 15.9 Å². The number of unbranched alkanes of at least 4 members (excludes halogenated alkanes) is 12. The third-order valence-electron chi connectivity index (χ3n) is 4.62. The van der Waals surface area contributed by atoms with Crippen molar-refractivity contribution in [1.29, 1.82) is 0 Å². The summed E-state index contributed by atoms with van der Waals surface area (Å²) >= 11 is 0.751. The Labute approximate surface area is 188 Å². The number of carboxylic acids is 2. The van der Waals surface area contributed by atoms with Crippen LogP contribution < -0.4 is 5.73 Å². The maximum atomic E-state index is 10.8. The van der Waals surface area contributed by atoms with Crippen LogP contribution in [0.1, 0.15) is 110 Å². The number of carbonyl (C=O) groups excluding carboxylic acids is 1. The van der Waals surface area contributed by atoms with Crippen molar-refractivity contribution in [2.45, 2.75) is 116 Å². The normalized spacial score (nSPS) is 11.4. The van der Waals surface area contributed by atoms with Gasteiger partial charge in [-0.05, 0) is 6.42 Å². The van der Waals surface area contributed by atoms with Crippen molar-refractivity contribution in [2.75, 3.05) is 0 Å². The van der Waals surface area contributed by atoms with Gasteiger partial charge >= 0.3 is 118 Å². The van der Waals surface area contributed by atoms with Gasteiger partial charge in [0.25, 0.3) is 0 Å². The fourth-order valence-corrected chi connectivity index (χ4v) is 3.15. The minimum absolute atomic E-state index is 0.0231. The molecule has 0 heterocycles. The van der Waals surface area contributed by atoms with Crippen LogP contribution in [0, 0.1) is 0 Å². The molecule has 0 aliphatic rings. The Hall–Kier alpha value is -0.430. The number of hydrogen-bond donors (Lipinski definition) is 3. The monoisotopic (exact) mass is 409 g/mol. The second-order valence-corrected chi connectivity index (χ2v) is 8.69. The van der Waals surface area contributed by atoms with Gasteiger partial charge in [-0.3, -0.25) is 9.59 Å². The molecule has 160 valence electrons. The summed E-state index contributed by atoms with van der Waals surface area (Å²) in [6, 6.07) is -1.06. The van der Waals surface area contributed by atoms with E-state index in [-0.39, 0.29) is 12.8 Å². The summed E-state index contributed by atoms with van der Waals surface area (Å²) in [7, 11) is 0. The van der Waals surface area contributed by atoms with Crippen molar-refractivity contribution in [2.24, 2.45) is 5.73 Å². The average Bonchev–Trinajstić information content (AvgIpc) is 2.63. The van der Waals surface area contributed by atoms with Crippen LogP contribution >= 0.6 is 0 Å². The van der Waals surface area contributed by atoms with Crippen LogP contribution in [0.3, 0.4) is 0 Å². The third kappa shape index (κ3) is 27.8. The number of nitrogens with two attached hydrogens (primary N) is 1. The zero-order chi connectivity index (χ0) is 21.6. The van der Waals surface area contributed by atoms with Gasteiger partial charge in [0.2, 0.25) is 0 Å². The summed E-state index contributed by atoms with van der Waals surface area (Å²) in [6.07, 6.45) is 18.6. The minimum atomic E-state index is -1.17. The molecule has 0 aromatic rings. The van der Waals surface area contributed by atoms with E-state index in [0.29, 0.717) is 3.03 Å². The van der Waals surface area contributed by atoms with E-state index in [1.54, 1.807) is 0 Å². The number of aliphatic carboxylic acids is 2. The molecule has 0 saturated carbocycles. The van der Waals surface area contributed by atoms with Gasteiger partial charge in [0.15, 0.2) is 0 Å². The zero-order valence-electron chi connectivity index (χ0n) is 18.1. The smallest absolute Gasteiger partial charge is 0.320 e. The average molecular weight is 410 g/mol.